The Labute approximate surface area is 208 Å². The van der Waals surface area contributed by atoms with Crippen LogP contribution < -0.4 is 9.62 Å². The molecule has 0 aliphatic heterocycles. The first-order valence-corrected chi connectivity index (χ1v) is 13.3. The van der Waals surface area contributed by atoms with Gasteiger partial charge in [0.05, 0.1) is 6.61 Å². The molecule has 0 unspecified atom stereocenters. The van der Waals surface area contributed by atoms with E-state index in [-0.39, 0.29) is 23.6 Å². The molecule has 0 atom stereocenters. The van der Waals surface area contributed by atoms with Gasteiger partial charge in [0.15, 0.2) is 4.91 Å². The molecule has 0 aliphatic rings. The van der Waals surface area contributed by atoms with Gasteiger partial charge < -0.3 is 14.1 Å². The molecule has 1 N–H and O–H groups in total. The summed E-state index contributed by atoms with van der Waals surface area (Å²) in [6.07, 6.45) is 2.20. The normalized spacial score (nSPS) is 12.4. The molecule has 0 radical (unpaired) electrons. The quantitative estimate of drug-likeness (QED) is 0.262. The van der Waals surface area contributed by atoms with Crippen LogP contribution in [0.25, 0.3) is 27.7 Å². The molecular formula is C27H33N3O4S. The van der Waals surface area contributed by atoms with Crippen LogP contribution in [-0.4, -0.2) is 41.8 Å². The van der Waals surface area contributed by atoms with Crippen LogP contribution in [0.5, 0.6) is 0 Å². The maximum Gasteiger partial charge on any atom is 0.251 e. The van der Waals surface area contributed by atoms with E-state index in [1.54, 1.807) is 25.1 Å². The summed E-state index contributed by atoms with van der Waals surface area (Å²) in [7, 11) is -2.50. The molecule has 0 bridgehead atoms. The van der Waals surface area contributed by atoms with Crippen molar-refractivity contribution in [2.24, 2.45) is 0 Å². The number of allylic oxidation sites excluding steroid dienone is 2. The van der Waals surface area contributed by atoms with Crippen LogP contribution >= 0.6 is 0 Å². The smallest absolute Gasteiger partial charge is 0.251 e. The fraction of sp³-hybridized carbons (Fsp3) is 0.370. The Morgan fingerprint density at radius 3 is 2.40 bits per heavy atom. The van der Waals surface area contributed by atoms with Crippen LogP contribution in [0, 0.1) is 11.3 Å². The Kier molecular flexibility index (Phi) is 9.10. The Balaban J connectivity index is 1.90. The summed E-state index contributed by atoms with van der Waals surface area (Å²) in [6, 6.07) is 17.9. The van der Waals surface area contributed by atoms with E-state index in [1.165, 1.54) is 12.8 Å². The number of ether oxygens (including phenoxy) is 1. The topological polar surface area (TPSA) is 95.6 Å². The maximum absolute atomic E-state index is 12.5. The van der Waals surface area contributed by atoms with Gasteiger partial charge in [0.25, 0.3) is 10.0 Å². The van der Waals surface area contributed by atoms with Crippen LogP contribution in [0.15, 0.2) is 57.9 Å². The second-order valence-electron chi connectivity index (χ2n) is 8.35. The molecule has 1 aromatic heterocycles. The van der Waals surface area contributed by atoms with E-state index in [9.17, 15) is 13.7 Å². The molecule has 0 spiro atoms. The Bertz CT molecular complexity index is 1330. The number of hydrogen-bond donors (Lipinski definition) is 1. The predicted octanol–water partition coefficient (Wildman–Crippen LogP) is 5.55. The first-order chi connectivity index (χ1) is 16.8. The number of anilines is 1. The molecule has 0 saturated carbocycles. The number of benzene rings is 2. The molecule has 0 amide bonds. The fourth-order valence-corrected chi connectivity index (χ4v) is 5.12. The summed E-state index contributed by atoms with van der Waals surface area (Å²) in [5.74, 6) is 0.935. The van der Waals surface area contributed by atoms with Crippen molar-refractivity contribution in [2.75, 3.05) is 38.3 Å². The number of fused-ring (bicyclic) bond motifs is 1. The molecule has 3 rings (SSSR count). The minimum atomic E-state index is -3.97. The van der Waals surface area contributed by atoms with Gasteiger partial charge in [-0.2, -0.15) is 5.26 Å². The van der Waals surface area contributed by atoms with Crippen molar-refractivity contribution in [2.45, 2.75) is 33.6 Å². The van der Waals surface area contributed by atoms with E-state index in [0.29, 0.717) is 11.5 Å². The molecule has 0 saturated heterocycles. The van der Waals surface area contributed by atoms with Crippen molar-refractivity contribution in [3.63, 3.8) is 0 Å². The number of methoxy groups -OCH3 is 1. The lowest BCUT2D eigenvalue weighted by Gasteiger charge is -2.24. The van der Waals surface area contributed by atoms with Gasteiger partial charge in [-0.1, -0.05) is 32.0 Å². The predicted molar refractivity (Wildman–Crippen MR) is 141 cm³/mol. The molecule has 186 valence electrons. The summed E-state index contributed by atoms with van der Waals surface area (Å²) < 4.78 is 38.3. The minimum absolute atomic E-state index is 0.0775. The molecule has 0 fully saturated rings. The molecule has 2 aromatic carbocycles. The largest absolute Gasteiger partial charge is 0.456 e. The first kappa shape index (κ1) is 26.5. The van der Waals surface area contributed by atoms with Gasteiger partial charge in [0.1, 0.15) is 17.6 Å². The Morgan fingerprint density at radius 1 is 1.06 bits per heavy atom. The van der Waals surface area contributed by atoms with Crippen molar-refractivity contribution in [3.05, 3.63) is 59.2 Å². The van der Waals surface area contributed by atoms with Crippen molar-refractivity contribution in [1.82, 2.24) is 4.72 Å². The highest BCUT2D eigenvalue weighted by Crippen LogP contribution is 2.31. The molecule has 3 aromatic rings. The van der Waals surface area contributed by atoms with E-state index in [4.69, 9.17) is 9.15 Å². The first-order valence-electron chi connectivity index (χ1n) is 11.8. The van der Waals surface area contributed by atoms with Gasteiger partial charge >= 0.3 is 0 Å². The van der Waals surface area contributed by atoms with Crippen molar-refractivity contribution in [3.8, 4) is 17.4 Å². The minimum Gasteiger partial charge on any atom is -0.456 e. The number of sulfonamides is 1. The standard InChI is InChI=1S/C27H33N3O4S/c1-5-14-30(15-6-2)24-10-9-21-17-23(8-7-22(21)18-24)26-12-11-25(34-26)20(3)27(19-28)35(31,32)29-13-16-33-4/h7-12,17-18,29H,5-6,13-16H2,1-4H3/b27-20+. The number of nitrogens with one attached hydrogen (secondary N) is 1. The SMILES string of the molecule is CCCN(CCC)c1ccc2cc(-c3ccc(/C(C)=C(\C#N)S(=O)(=O)NCCOC)o3)ccc2c1. The van der Waals surface area contributed by atoms with Crippen molar-refractivity contribution >= 4 is 32.1 Å². The van der Waals surface area contributed by atoms with E-state index in [0.717, 1.165) is 42.3 Å². The summed E-state index contributed by atoms with van der Waals surface area (Å²) in [4.78, 5) is 2.04. The highest BCUT2D eigenvalue weighted by atomic mass is 32.2. The third-order valence-electron chi connectivity index (χ3n) is 5.75. The molecule has 1 heterocycles. The lowest BCUT2D eigenvalue weighted by molar-refractivity contribution is 0.204. The molecule has 7 nitrogen and oxygen atoms in total. The van der Waals surface area contributed by atoms with E-state index in [1.807, 2.05) is 6.07 Å². The highest BCUT2D eigenvalue weighted by molar-refractivity contribution is 7.93. The third-order valence-corrected chi connectivity index (χ3v) is 7.26. The van der Waals surface area contributed by atoms with Crippen LogP contribution in [0.3, 0.4) is 0 Å². The van der Waals surface area contributed by atoms with Gasteiger partial charge in [0.2, 0.25) is 0 Å². The molecular weight excluding hydrogens is 462 g/mol. The van der Waals surface area contributed by atoms with Crippen LogP contribution in [0.4, 0.5) is 5.69 Å². The summed E-state index contributed by atoms with van der Waals surface area (Å²) >= 11 is 0. The van der Waals surface area contributed by atoms with E-state index in [2.05, 4.69) is 53.8 Å². The third kappa shape index (κ3) is 6.31. The lowest BCUT2D eigenvalue weighted by atomic mass is 10.0. The van der Waals surface area contributed by atoms with Gasteiger partial charge in [-0.3, -0.25) is 0 Å². The lowest BCUT2D eigenvalue weighted by Crippen LogP contribution is -2.28. The van der Waals surface area contributed by atoms with Gasteiger partial charge in [-0.25, -0.2) is 13.1 Å². The second kappa shape index (κ2) is 12.0. The zero-order valence-electron chi connectivity index (χ0n) is 20.8. The average molecular weight is 496 g/mol. The molecule has 8 heteroatoms. The van der Waals surface area contributed by atoms with E-state index < -0.39 is 10.0 Å². The number of nitriles is 1. The second-order valence-corrected chi connectivity index (χ2v) is 10.1. The zero-order chi connectivity index (χ0) is 25.4. The summed E-state index contributed by atoms with van der Waals surface area (Å²) in [5, 5.41) is 11.8. The number of hydrogen-bond acceptors (Lipinski definition) is 6. The van der Waals surface area contributed by atoms with E-state index >= 15 is 0 Å². The van der Waals surface area contributed by atoms with Crippen molar-refractivity contribution in [1.29, 1.82) is 5.26 Å². The molecule has 35 heavy (non-hydrogen) atoms. The Hall–Kier alpha value is -3.12. The molecule has 0 aliphatic carbocycles. The summed E-state index contributed by atoms with van der Waals surface area (Å²) in [6.45, 7) is 8.30. The number of rotatable bonds is 12. The van der Waals surface area contributed by atoms with Gasteiger partial charge in [-0.05, 0) is 60.9 Å². The Morgan fingerprint density at radius 2 is 1.74 bits per heavy atom. The average Bonchev–Trinajstić information content (AvgIpc) is 3.34. The monoisotopic (exact) mass is 495 g/mol. The highest BCUT2D eigenvalue weighted by Gasteiger charge is 2.22. The van der Waals surface area contributed by atoms with Gasteiger partial charge in [0, 0.05) is 43.6 Å². The van der Waals surface area contributed by atoms with Crippen LogP contribution in [-0.2, 0) is 14.8 Å². The van der Waals surface area contributed by atoms with Gasteiger partial charge in [-0.15, -0.1) is 0 Å². The van der Waals surface area contributed by atoms with Crippen molar-refractivity contribution < 1.29 is 17.6 Å². The number of furan rings is 1. The fourth-order valence-electron chi connectivity index (χ4n) is 4.00. The maximum atomic E-state index is 12.5. The van der Waals surface area contributed by atoms with Crippen LogP contribution in [0.1, 0.15) is 39.4 Å². The number of nitrogens with zero attached hydrogens (tertiary/aromatic N) is 2. The zero-order valence-corrected chi connectivity index (χ0v) is 21.6. The van der Waals surface area contributed by atoms with Crippen LogP contribution in [0.2, 0.25) is 0 Å². The summed E-state index contributed by atoms with van der Waals surface area (Å²) in [5.41, 5.74) is 2.35.